The zero-order valence-electron chi connectivity index (χ0n) is 16.3. The van der Waals surface area contributed by atoms with E-state index in [0.717, 1.165) is 4.90 Å². The highest BCUT2D eigenvalue weighted by Crippen LogP contribution is 2.27. The van der Waals surface area contributed by atoms with Crippen LogP contribution in [0.2, 0.25) is 0 Å². The second-order valence-corrected chi connectivity index (χ2v) is 8.07. The summed E-state index contributed by atoms with van der Waals surface area (Å²) in [6, 6.07) is 13.5. The first-order valence-electron chi connectivity index (χ1n) is 9.30. The maximum Gasteiger partial charge on any atom is 0.262 e. The van der Waals surface area contributed by atoms with Crippen molar-refractivity contribution in [3.63, 3.8) is 0 Å². The Hall–Kier alpha value is -2.60. The Morgan fingerprint density at radius 2 is 1.57 bits per heavy atom. The van der Waals surface area contributed by atoms with Crippen molar-refractivity contribution in [3.8, 4) is 0 Å². The van der Waals surface area contributed by atoms with Crippen LogP contribution in [0.15, 0.2) is 48.5 Å². The topological polar surface area (TPSA) is 66.5 Å². The minimum absolute atomic E-state index is 0.346. The molecule has 0 spiro atoms. The molecule has 146 valence electrons. The van der Waals surface area contributed by atoms with Gasteiger partial charge >= 0.3 is 0 Å². The fourth-order valence-corrected chi connectivity index (χ4v) is 3.73. The fourth-order valence-electron chi connectivity index (χ4n) is 3.27. The van der Waals surface area contributed by atoms with Crippen LogP contribution in [0, 0.1) is 0 Å². The number of anilines is 1. The van der Waals surface area contributed by atoms with E-state index in [1.54, 1.807) is 36.0 Å². The molecule has 1 aliphatic rings. The highest BCUT2D eigenvalue weighted by Gasteiger charge is 2.42. The van der Waals surface area contributed by atoms with Crippen LogP contribution in [-0.4, -0.2) is 40.7 Å². The highest BCUT2D eigenvalue weighted by molar-refractivity contribution is 7.98. The molecule has 0 radical (unpaired) electrons. The van der Waals surface area contributed by atoms with Gasteiger partial charge in [-0.3, -0.25) is 19.3 Å². The molecule has 6 heteroatoms. The van der Waals surface area contributed by atoms with Gasteiger partial charge in [0.1, 0.15) is 6.04 Å². The second kappa shape index (κ2) is 8.61. The van der Waals surface area contributed by atoms with Gasteiger partial charge in [-0.25, -0.2) is 0 Å². The van der Waals surface area contributed by atoms with Crippen molar-refractivity contribution in [3.05, 3.63) is 65.2 Å². The average molecular weight is 397 g/mol. The Morgan fingerprint density at radius 1 is 1.00 bits per heavy atom. The van der Waals surface area contributed by atoms with E-state index in [0.29, 0.717) is 34.9 Å². The minimum Gasteiger partial charge on any atom is -0.324 e. The summed E-state index contributed by atoms with van der Waals surface area (Å²) in [6.07, 6.45) is 2.34. The molecule has 0 bridgehead atoms. The Balaban J connectivity index is 1.83. The molecule has 1 heterocycles. The average Bonchev–Trinajstić information content (AvgIpc) is 2.94. The summed E-state index contributed by atoms with van der Waals surface area (Å²) < 4.78 is 0. The predicted molar refractivity (Wildman–Crippen MR) is 113 cm³/mol. The molecule has 28 heavy (non-hydrogen) atoms. The third-order valence-corrected chi connectivity index (χ3v) is 5.52. The molecule has 0 aromatic heterocycles. The van der Waals surface area contributed by atoms with Crippen LogP contribution in [0.5, 0.6) is 0 Å². The number of imide groups is 1. The van der Waals surface area contributed by atoms with E-state index in [2.05, 4.69) is 19.2 Å². The number of carbonyl (C=O) groups excluding carboxylic acids is 3. The second-order valence-electron chi connectivity index (χ2n) is 7.09. The van der Waals surface area contributed by atoms with Gasteiger partial charge in [0.2, 0.25) is 5.91 Å². The molecule has 2 aromatic carbocycles. The molecule has 0 aliphatic carbocycles. The van der Waals surface area contributed by atoms with Crippen LogP contribution < -0.4 is 5.32 Å². The molecular weight excluding hydrogens is 372 g/mol. The largest absolute Gasteiger partial charge is 0.324 e. The Kier molecular flexibility index (Phi) is 6.19. The summed E-state index contributed by atoms with van der Waals surface area (Å²) in [5.41, 5.74) is 2.55. The van der Waals surface area contributed by atoms with Gasteiger partial charge < -0.3 is 5.32 Å². The number of nitrogens with zero attached hydrogens (tertiary/aromatic N) is 1. The Morgan fingerprint density at radius 3 is 2.07 bits per heavy atom. The van der Waals surface area contributed by atoms with E-state index in [4.69, 9.17) is 0 Å². The number of fused-ring (bicyclic) bond motifs is 1. The Bertz CT molecular complexity index is 858. The van der Waals surface area contributed by atoms with E-state index < -0.39 is 17.9 Å². The number of hydrogen-bond donors (Lipinski definition) is 1. The standard InChI is InChI=1S/C22H24N2O3S/c1-14(2)15-8-10-16(11-9-15)23-20(25)19(12-13-28-3)24-21(26)17-6-4-5-7-18(17)22(24)27/h4-11,14,19H,12-13H2,1-3H3,(H,23,25)/t19-/m1/s1. The van der Waals surface area contributed by atoms with Gasteiger partial charge in [0, 0.05) is 5.69 Å². The van der Waals surface area contributed by atoms with Crippen LogP contribution in [-0.2, 0) is 4.79 Å². The van der Waals surface area contributed by atoms with Gasteiger partial charge in [-0.15, -0.1) is 0 Å². The maximum absolute atomic E-state index is 13.0. The highest BCUT2D eigenvalue weighted by atomic mass is 32.2. The van der Waals surface area contributed by atoms with Gasteiger partial charge in [-0.05, 0) is 54.2 Å². The van der Waals surface area contributed by atoms with Crippen molar-refractivity contribution in [1.82, 2.24) is 4.90 Å². The molecule has 1 N–H and O–H groups in total. The lowest BCUT2D eigenvalue weighted by atomic mass is 10.0. The maximum atomic E-state index is 13.0. The molecule has 0 unspecified atom stereocenters. The molecule has 1 aliphatic heterocycles. The number of nitrogens with one attached hydrogen (secondary N) is 1. The third-order valence-electron chi connectivity index (χ3n) is 4.88. The number of amides is 3. The summed E-state index contributed by atoms with van der Waals surface area (Å²) in [5.74, 6) is -0.0927. The lowest BCUT2D eigenvalue weighted by Crippen LogP contribution is -2.47. The molecule has 3 amide bonds. The molecule has 3 rings (SSSR count). The normalized spacial score (nSPS) is 14.4. The first kappa shape index (κ1) is 20.1. The zero-order chi connectivity index (χ0) is 20.3. The lowest BCUT2D eigenvalue weighted by Gasteiger charge is -2.25. The third kappa shape index (κ3) is 3.97. The fraction of sp³-hybridized carbons (Fsp3) is 0.318. The quantitative estimate of drug-likeness (QED) is 0.714. The first-order chi connectivity index (χ1) is 13.4. The molecule has 0 fully saturated rings. The predicted octanol–water partition coefficient (Wildman–Crippen LogP) is 4.17. The molecular formula is C22H24N2O3S. The van der Waals surface area contributed by atoms with Crippen LogP contribution >= 0.6 is 11.8 Å². The minimum atomic E-state index is -0.843. The number of rotatable bonds is 7. The molecule has 1 atom stereocenters. The monoisotopic (exact) mass is 396 g/mol. The number of thioether (sulfide) groups is 1. The molecule has 0 saturated carbocycles. The summed E-state index contributed by atoms with van der Waals surface area (Å²) >= 11 is 1.57. The van der Waals surface area contributed by atoms with E-state index in [9.17, 15) is 14.4 Å². The molecule has 0 saturated heterocycles. The molecule has 2 aromatic rings. The van der Waals surface area contributed by atoms with Crippen LogP contribution in [0.1, 0.15) is 52.5 Å². The van der Waals surface area contributed by atoms with Crippen LogP contribution in [0.3, 0.4) is 0 Å². The van der Waals surface area contributed by atoms with Crippen molar-refractivity contribution < 1.29 is 14.4 Å². The van der Waals surface area contributed by atoms with Crippen molar-refractivity contribution in [1.29, 1.82) is 0 Å². The van der Waals surface area contributed by atoms with Crippen molar-refractivity contribution >= 4 is 35.2 Å². The number of hydrogen-bond acceptors (Lipinski definition) is 4. The number of carbonyl (C=O) groups is 3. The van der Waals surface area contributed by atoms with Gasteiger partial charge in [-0.2, -0.15) is 11.8 Å². The first-order valence-corrected chi connectivity index (χ1v) is 10.7. The van der Waals surface area contributed by atoms with Crippen LogP contribution in [0.4, 0.5) is 5.69 Å². The zero-order valence-corrected chi connectivity index (χ0v) is 17.1. The smallest absolute Gasteiger partial charge is 0.262 e. The van der Waals surface area contributed by atoms with Gasteiger partial charge in [0.15, 0.2) is 0 Å². The van der Waals surface area contributed by atoms with Crippen LogP contribution in [0.25, 0.3) is 0 Å². The SMILES string of the molecule is CSCC[C@H](C(=O)Nc1ccc(C(C)C)cc1)N1C(=O)c2ccccc2C1=O. The van der Waals surface area contributed by atoms with Crippen molar-refractivity contribution in [2.45, 2.75) is 32.2 Å². The summed E-state index contributed by atoms with van der Waals surface area (Å²) in [5, 5.41) is 2.87. The van der Waals surface area contributed by atoms with E-state index in [1.807, 2.05) is 30.5 Å². The summed E-state index contributed by atoms with van der Waals surface area (Å²) in [6.45, 7) is 4.21. The van der Waals surface area contributed by atoms with Crippen molar-refractivity contribution in [2.24, 2.45) is 0 Å². The lowest BCUT2D eigenvalue weighted by molar-refractivity contribution is -0.120. The number of benzene rings is 2. The van der Waals surface area contributed by atoms with E-state index >= 15 is 0 Å². The van der Waals surface area contributed by atoms with Gasteiger partial charge in [0.25, 0.3) is 11.8 Å². The summed E-state index contributed by atoms with van der Waals surface area (Å²) in [4.78, 5) is 39.7. The van der Waals surface area contributed by atoms with E-state index in [1.165, 1.54) is 5.56 Å². The van der Waals surface area contributed by atoms with Gasteiger partial charge in [0.05, 0.1) is 11.1 Å². The Labute approximate surface area is 169 Å². The summed E-state index contributed by atoms with van der Waals surface area (Å²) in [7, 11) is 0. The van der Waals surface area contributed by atoms with Gasteiger partial charge in [-0.1, -0.05) is 38.1 Å². The molecule has 5 nitrogen and oxygen atoms in total. The van der Waals surface area contributed by atoms with E-state index in [-0.39, 0.29) is 5.91 Å². The van der Waals surface area contributed by atoms with Crippen molar-refractivity contribution in [2.75, 3.05) is 17.3 Å².